The van der Waals surface area contributed by atoms with Gasteiger partial charge in [-0.3, -0.25) is 9.39 Å². The predicted molar refractivity (Wildman–Crippen MR) is 129 cm³/mol. The minimum Gasteiger partial charge on any atom is -0.493 e. The van der Waals surface area contributed by atoms with Gasteiger partial charge in [0, 0.05) is 57.1 Å². The minimum atomic E-state index is 0. The number of hydrogen-bond acceptors (Lipinski definition) is 5. The molecule has 3 aromatic rings. The van der Waals surface area contributed by atoms with Gasteiger partial charge in [-0.15, -0.1) is 35.3 Å². The molecule has 0 bridgehead atoms. The normalized spacial score (nSPS) is 11.3. The van der Waals surface area contributed by atoms with E-state index in [2.05, 4.69) is 45.7 Å². The van der Waals surface area contributed by atoms with Crippen LogP contribution in [0, 0.1) is 6.92 Å². The average molecular weight is 529 g/mol. The maximum atomic E-state index is 5.95. The van der Waals surface area contributed by atoms with Crippen LogP contribution in [0.2, 0.25) is 0 Å². The molecule has 2 heterocycles. The van der Waals surface area contributed by atoms with Crippen LogP contribution in [0.1, 0.15) is 23.2 Å². The Kier molecular flexibility index (Phi) is 9.68. The Labute approximate surface area is 192 Å². The highest BCUT2D eigenvalue weighted by Crippen LogP contribution is 2.20. The number of nitrogens with one attached hydrogen (secondary N) is 2. The Morgan fingerprint density at radius 3 is 2.83 bits per heavy atom. The summed E-state index contributed by atoms with van der Waals surface area (Å²) < 4.78 is 13.1. The first-order valence-corrected chi connectivity index (χ1v) is 10.1. The van der Waals surface area contributed by atoms with Crippen LogP contribution < -0.4 is 15.4 Å². The molecule has 9 heteroatoms. The number of methoxy groups -OCH3 is 1. The lowest BCUT2D eigenvalue weighted by Crippen LogP contribution is -2.36. The molecular formula is C20H28IN5O2S. The number of halogens is 1. The number of aryl methyl sites for hydroxylation is 1. The van der Waals surface area contributed by atoms with E-state index in [1.54, 1.807) is 25.5 Å². The molecule has 0 aliphatic heterocycles. The molecule has 0 saturated heterocycles. The summed E-state index contributed by atoms with van der Waals surface area (Å²) in [5.41, 5.74) is 3.24. The number of aromatic nitrogens is 2. The molecule has 2 N–H and O–H groups in total. The average Bonchev–Trinajstić information content (AvgIpc) is 3.28. The zero-order valence-electron chi connectivity index (χ0n) is 17.0. The second kappa shape index (κ2) is 12.0. The number of guanidine groups is 1. The maximum absolute atomic E-state index is 5.95. The van der Waals surface area contributed by atoms with E-state index >= 15 is 0 Å². The van der Waals surface area contributed by atoms with Gasteiger partial charge in [-0.05, 0) is 18.6 Å². The van der Waals surface area contributed by atoms with E-state index in [4.69, 9.17) is 9.47 Å². The van der Waals surface area contributed by atoms with Gasteiger partial charge in [0.25, 0.3) is 0 Å². The Hall–Kier alpha value is -1.85. The number of hydrogen-bond donors (Lipinski definition) is 2. The lowest BCUT2D eigenvalue weighted by atomic mass is 10.1. The van der Waals surface area contributed by atoms with Gasteiger partial charge < -0.3 is 20.1 Å². The van der Waals surface area contributed by atoms with Crippen molar-refractivity contribution in [3.63, 3.8) is 0 Å². The highest BCUT2D eigenvalue weighted by Gasteiger charge is 2.07. The van der Waals surface area contributed by atoms with Gasteiger partial charge in [-0.2, -0.15) is 0 Å². The third kappa shape index (κ3) is 6.86. The van der Waals surface area contributed by atoms with Gasteiger partial charge in [0.05, 0.1) is 18.8 Å². The van der Waals surface area contributed by atoms with Crippen LogP contribution in [0.4, 0.5) is 0 Å². The van der Waals surface area contributed by atoms with Crippen molar-refractivity contribution in [1.29, 1.82) is 0 Å². The SMILES string of the molecule is CN=C(NCc1cn2ccsc2n1)NCc1ccc(C)cc1OCCCOC.I. The molecule has 0 saturated carbocycles. The first kappa shape index (κ1) is 23.4. The van der Waals surface area contributed by atoms with E-state index in [0.717, 1.165) is 34.3 Å². The van der Waals surface area contributed by atoms with E-state index in [1.807, 2.05) is 22.2 Å². The van der Waals surface area contributed by atoms with Crippen molar-refractivity contribution in [3.8, 4) is 5.75 Å². The van der Waals surface area contributed by atoms with Gasteiger partial charge in [0.15, 0.2) is 10.9 Å². The van der Waals surface area contributed by atoms with Gasteiger partial charge in [0.1, 0.15) is 5.75 Å². The third-order valence-corrected chi connectivity index (χ3v) is 4.99. The van der Waals surface area contributed by atoms with Crippen LogP contribution in [0.5, 0.6) is 5.75 Å². The Morgan fingerprint density at radius 1 is 1.24 bits per heavy atom. The Bertz CT molecular complexity index is 896. The molecule has 7 nitrogen and oxygen atoms in total. The molecule has 0 amide bonds. The molecule has 0 atom stereocenters. The van der Waals surface area contributed by atoms with Crippen molar-refractivity contribution in [2.75, 3.05) is 27.4 Å². The summed E-state index contributed by atoms with van der Waals surface area (Å²) in [4.78, 5) is 9.87. The summed E-state index contributed by atoms with van der Waals surface area (Å²) in [6.45, 7) is 4.63. The summed E-state index contributed by atoms with van der Waals surface area (Å²) in [5, 5.41) is 8.68. The standard InChI is InChI=1S/C20H27N5O2S.HI/c1-15-5-6-16(18(11-15)27-9-4-8-26-3)12-22-19(21-2)23-13-17-14-25-7-10-28-20(25)24-17;/h5-7,10-11,14H,4,8-9,12-13H2,1-3H3,(H2,21,22,23);1H. The molecule has 0 unspecified atom stereocenters. The van der Waals surface area contributed by atoms with Crippen molar-refractivity contribution in [3.05, 3.63) is 52.8 Å². The topological polar surface area (TPSA) is 72.2 Å². The van der Waals surface area contributed by atoms with Gasteiger partial charge >= 0.3 is 0 Å². The molecule has 158 valence electrons. The quantitative estimate of drug-likeness (QED) is 0.192. The number of nitrogens with zero attached hydrogens (tertiary/aromatic N) is 3. The lowest BCUT2D eigenvalue weighted by molar-refractivity contribution is 0.171. The highest BCUT2D eigenvalue weighted by molar-refractivity contribution is 14.0. The molecule has 0 fully saturated rings. The second-order valence-corrected chi connectivity index (χ2v) is 7.28. The highest BCUT2D eigenvalue weighted by atomic mass is 127. The largest absolute Gasteiger partial charge is 0.493 e. The molecule has 0 aliphatic rings. The van der Waals surface area contributed by atoms with Crippen molar-refractivity contribution in [2.24, 2.45) is 4.99 Å². The fourth-order valence-electron chi connectivity index (χ4n) is 2.76. The van der Waals surface area contributed by atoms with Crippen molar-refractivity contribution in [2.45, 2.75) is 26.4 Å². The first-order valence-electron chi connectivity index (χ1n) is 9.26. The smallest absolute Gasteiger partial charge is 0.193 e. The number of ether oxygens (including phenoxy) is 2. The van der Waals surface area contributed by atoms with Crippen LogP contribution in [-0.2, 0) is 17.8 Å². The van der Waals surface area contributed by atoms with E-state index in [-0.39, 0.29) is 24.0 Å². The minimum absolute atomic E-state index is 0. The predicted octanol–water partition coefficient (Wildman–Crippen LogP) is 3.60. The fourth-order valence-corrected chi connectivity index (χ4v) is 3.48. The molecule has 29 heavy (non-hydrogen) atoms. The number of thiazole rings is 1. The summed E-state index contributed by atoms with van der Waals surface area (Å²) in [5.74, 6) is 1.62. The van der Waals surface area contributed by atoms with Crippen LogP contribution >= 0.6 is 35.3 Å². The Balaban J connectivity index is 0.00000300. The van der Waals surface area contributed by atoms with E-state index in [9.17, 15) is 0 Å². The molecule has 2 aromatic heterocycles. The van der Waals surface area contributed by atoms with E-state index in [0.29, 0.717) is 26.3 Å². The summed E-state index contributed by atoms with van der Waals surface area (Å²) in [6, 6.07) is 6.25. The van der Waals surface area contributed by atoms with Gasteiger partial charge in [0.2, 0.25) is 0 Å². The van der Waals surface area contributed by atoms with Crippen molar-refractivity contribution in [1.82, 2.24) is 20.0 Å². The van der Waals surface area contributed by atoms with Crippen LogP contribution in [-0.4, -0.2) is 42.7 Å². The number of imidazole rings is 1. The molecular weight excluding hydrogens is 501 g/mol. The molecule has 0 radical (unpaired) electrons. The number of benzene rings is 1. The summed E-state index contributed by atoms with van der Waals surface area (Å²) >= 11 is 1.62. The number of aliphatic imine (C=N–C) groups is 1. The van der Waals surface area contributed by atoms with Gasteiger partial charge in [-0.25, -0.2) is 4.98 Å². The molecule has 0 aliphatic carbocycles. The molecule has 1 aromatic carbocycles. The molecule has 0 spiro atoms. The van der Waals surface area contributed by atoms with Crippen LogP contribution in [0.25, 0.3) is 4.96 Å². The Morgan fingerprint density at radius 2 is 2.07 bits per heavy atom. The zero-order chi connectivity index (χ0) is 19.8. The van der Waals surface area contributed by atoms with Crippen LogP contribution in [0.3, 0.4) is 0 Å². The maximum Gasteiger partial charge on any atom is 0.193 e. The summed E-state index contributed by atoms with van der Waals surface area (Å²) in [6.07, 6.45) is 4.90. The van der Waals surface area contributed by atoms with Crippen molar-refractivity contribution >= 4 is 46.2 Å². The van der Waals surface area contributed by atoms with Crippen LogP contribution in [0.15, 0.2) is 41.0 Å². The van der Waals surface area contributed by atoms with Crippen molar-refractivity contribution < 1.29 is 9.47 Å². The van der Waals surface area contributed by atoms with E-state index < -0.39 is 0 Å². The van der Waals surface area contributed by atoms with E-state index in [1.165, 1.54) is 5.56 Å². The van der Waals surface area contributed by atoms with Gasteiger partial charge in [-0.1, -0.05) is 12.1 Å². The zero-order valence-corrected chi connectivity index (χ0v) is 20.1. The number of rotatable bonds is 9. The first-order chi connectivity index (χ1) is 13.7. The fraction of sp³-hybridized carbons (Fsp3) is 0.400. The summed E-state index contributed by atoms with van der Waals surface area (Å²) in [7, 11) is 3.46. The monoisotopic (exact) mass is 529 g/mol. The number of fused-ring (bicyclic) bond motifs is 1. The second-order valence-electron chi connectivity index (χ2n) is 6.41. The molecule has 3 rings (SSSR count). The lowest BCUT2D eigenvalue weighted by Gasteiger charge is -2.15. The third-order valence-electron chi connectivity index (χ3n) is 4.22.